The second kappa shape index (κ2) is 5.72. The molecule has 1 atom stereocenters. The fourth-order valence-electron chi connectivity index (χ4n) is 2.76. The molecule has 0 bridgehead atoms. The van der Waals surface area contributed by atoms with E-state index >= 15 is 0 Å². The third kappa shape index (κ3) is 2.96. The zero-order valence-electron chi connectivity index (χ0n) is 14.1. The molecule has 1 amide bonds. The van der Waals surface area contributed by atoms with E-state index in [2.05, 4.69) is 18.9 Å². The molecule has 0 N–H and O–H groups in total. The number of hydrogen-bond acceptors (Lipinski definition) is 3. The number of nitrogens with zero attached hydrogens (tertiary/aromatic N) is 3. The molecule has 5 heteroatoms. The first-order valence-electron chi connectivity index (χ1n) is 7.92. The summed E-state index contributed by atoms with van der Waals surface area (Å²) in [4.78, 5) is 14.4. The summed E-state index contributed by atoms with van der Waals surface area (Å²) >= 11 is 0. The van der Waals surface area contributed by atoms with Crippen molar-refractivity contribution >= 4 is 5.91 Å². The zero-order valence-corrected chi connectivity index (χ0v) is 14.1. The molecule has 1 heterocycles. The third-order valence-corrected chi connectivity index (χ3v) is 5.09. The molecule has 1 aliphatic rings. The van der Waals surface area contributed by atoms with Crippen LogP contribution < -0.4 is 4.74 Å². The summed E-state index contributed by atoms with van der Waals surface area (Å²) in [5, 5.41) is 4.43. The number of methoxy groups -OCH3 is 1. The first-order chi connectivity index (χ1) is 10.9. The van der Waals surface area contributed by atoms with Crippen LogP contribution in [0.15, 0.2) is 36.5 Å². The molecule has 0 spiro atoms. The van der Waals surface area contributed by atoms with E-state index in [-0.39, 0.29) is 17.4 Å². The van der Waals surface area contributed by atoms with Crippen LogP contribution in [0.25, 0.3) is 5.69 Å². The van der Waals surface area contributed by atoms with Crippen molar-refractivity contribution in [2.45, 2.75) is 32.7 Å². The first-order valence-corrected chi connectivity index (χ1v) is 7.92. The highest BCUT2D eigenvalue weighted by atomic mass is 16.5. The number of carbonyl (C=O) groups excluding carboxylic acids is 1. The lowest BCUT2D eigenvalue weighted by atomic mass is 9.99. The van der Waals surface area contributed by atoms with Crippen LogP contribution in [-0.4, -0.2) is 40.8 Å². The van der Waals surface area contributed by atoms with E-state index in [1.807, 2.05) is 42.4 Å². The number of carbonyl (C=O) groups is 1. The second-order valence-electron chi connectivity index (χ2n) is 6.59. The van der Waals surface area contributed by atoms with Gasteiger partial charge in [-0.15, -0.1) is 0 Å². The smallest absolute Gasteiger partial charge is 0.274 e. The Bertz CT molecular complexity index is 701. The maximum atomic E-state index is 12.6. The monoisotopic (exact) mass is 313 g/mol. The predicted octanol–water partition coefficient (Wildman–Crippen LogP) is 3.14. The normalized spacial score (nSPS) is 16.7. The molecule has 1 aromatic carbocycles. The number of amides is 1. The van der Waals surface area contributed by atoms with Crippen molar-refractivity contribution in [3.05, 3.63) is 42.2 Å². The average Bonchev–Trinajstić information content (AvgIpc) is 3.14. The van der Waals surface area contributed by atoms with Crippen LogP contribution in [-0.2, 0) is 0 Å². The van der Waals surface area contributed by atoms with Crippen LogP contribution in [0.1, 0.15) is 37.2 Å². The fraction of sp³-hybridized carbons (Fsp3) is 0.444. The molecule has 5 nitrogen and oxygen atoms in total. The summed E-state index contributed by atoms with van der Waals surface area (Å²) in [5.41, 5.74) is 1.64. The molecule has 3 rings (SSSR count). The molecule has 1 aromatic heterocycles. The first kappa shape index (κ1) is 15.6. The maximum absolute atomic E-state index is 12.6. The van der Waals surface area contributed by atoms with Gasteiger partial charge in [-0.3, -0.25) is 4.79 Å². The van der Waals surface area contributed by atoms with Gasteiger partial charge in [-0.05, 0) is 55.5 Å². The summed E-state index contributed by atoms with van der Waals surface area (Å²) < 4.78 is 6.87. The Morgan fingerprint density at radius 1 is 1.30 bits per heavy atom. The second-order valence-corrected chi connectivity index (χ2v) is 6.59. The summed E-state index contributed by atoms with van der Waals surface area (Å²) in [6.07, 6.45) is 4.19. The van der Waals surface area contributed by atoms with Crippen molar-refractivity contribution in [1.29, 1.82) is 0 Å². The minimum absolute atomic E-state index is 0.0297. The third-order valence-electron chi connectivity index (χ3n) is 5.09. The van der Waals surface area contributed by atoms with Gasteiger partial charge >= 0.3 is 0 Å². The van der Waals surface area contributed by atoms with E-state index in [0.717, 1.165) is 11.4 Å². The molecule has 122 valence electrons. The molecule has 0 saturated heterocycles. The van der Waals surface area contributed by atoms with E-state index in [1.165, 1.54) is 12.8 Å². The number of hydrogen-bond donors (Lipinski definition) is 0. The Morgan fingerprint density at radius 2 is 1.96 bits per heavy atom. The Morgan fingerprint density at radius 3 is 2.52 bits per heavy atom. The molecule has 2 aromatic rings. The van der Waals surface area contributed by atoms with E-state index in [9.17, 15) is 4.79 Å². The van der Waals surface area contributed by atoms with Gasteiger partial charge in [0.25, 0.3) is 5.91 Å². The Hall–Kier alpha value is -2.30. The van der Waals surface area contributed by atoms with Crippen molar-refractivity contribution in [3.8, 4) is 11.4 Å². The van der Waals surface area contributed by atoms with Crippen LogP contribution >= 0.6 is 0 Å². The van der Waals surface area contributed by atoms with Crippen LogP contribution in [0.3, 0.4) is 0 Å². The van der Waals surface area contributed by atoms with E-state index in [4.69, 9.17) is 4.74 Å². The van der Waals surface area contributed by atoms with E-state index < -0.39 is 0 Å². The molecule has 1 aliphatic carbocycles. The zero-order chi connectivity index (χ0) is 16.6. The summed E-state index contributed by atoms with van der Waals surface area (Å²) in [7, 11) is 3.50. The van der Waals surface area contributed by atoms with Gasteiger partial charge in [0.2, 0.25) is 0 Å². The van der Waals surface area contributed by atoms with Crippen LogP contribution in [0.2, 0.25) is 0 Å². The SMILES string of the molecule is COc1ccc(-n2ccc(C(=O)N(C)[C@@H](C)C3(C)CC3)n2)cc1. The number of benzene rings is 1. The molecule has 0 radical (unpaired) electrons. The van der Waals surface area contributed by atoms with Crippen molar-refractivity contribution in [2.75, 3.05) is 14.2 Å². The molecule has 0 unspecified atom stereocenters. The molecular formula is C18H23N3O2. The largest absolute Gasteiger partial charge is 0.497 e. The minimum atomic E-state index is -0.0297. The van der Waals surface area contributed by atoms with Crippen molar-refractivity contribution in [3.63, 3.8) is 0 Å². The number of ether oxygens (including phenoxy) is 1. The minimum Gasteiger partial charge on any atom is -0.497 e. The summed E-state index contributed by atoms with van der Waals surface area (Å²) in [5.74, 6) is 0.765. The van der Waals surface area contributed by atoms with Crippen LogP contribution in [0.5, 0.6) is 5.75 Å². The number of aromatic nitrogens is 2. The summed E-state index contributed by atoms with van der Waals surface area (Å²) in [6, 6.07) is 9.57. The van der Waals surface area contributed by atoms with Gasteiger partial charge in [-0.2, -0.15) is 5.10 Å². The molecule has 1 saturated carbocycles. The van der Waals surface area contributed by atoms with Gasteiger partial charge < -0.3 is 9.64 Å². The average molecular weight is 313 g/mol. The lowest BCUT2D eigenvalue weighted by Crippen LogP contribution is -2.40. The lowest BCUT2D eigenvalue weighted by molar-refractivity contribution is 0.0678. The Labute approximate surface area is 136 Å². The highest BCUT2D eigenvalue weighted by molar-refractivity contribution is 5.92. The van der Waals surface area contributed by atoms with Crippen molar-refractivity contribution in [1.82, 2.24) is 14.7 Å². The quantitative estimate of drug-likeness (QED) is 0.852. The van der Waals surface area contributed by atoms with Gasteiger partial charge in [0.05, 0.1) is 12.8 Å². The standard InChI is InChI=1S/C18H23N3O2/c1-13(18(2)10-11-18)20(3)17(22)16-9-12-21(19-16)14-5-7-15(23-4)8-6-14/h5-9,12-13H,10-11H2,1-4H3/t13-/m0/s1. The lowest BCUT2D eigenvalue weighted by Gasteiger charge is -2.29. The van der Waals surface area contributed by atoms with Gasteiger partial charge in [0.15, 0.2) is 5.69 Å². The van der Waals surface area contributed by atoms with Crippen molar-refractivity contribution in [2.24, 2.45) is 5.41 Å². The molecule has 0 aliphatic heterocycles. The van der Waals surface area contributed by atoms with Crippen LogP contribution in [0, 0.1) is 5.41 Å². The topological polar surface area (TPSA) is 47.4 Å². The molecule has 1 fully saturated rings. The van der Waals surface area contributed by atoms with Gasteiger partial charge in [0.1, 0.15) is 5.75 Å². The van der Waals surface area contributed by atoms with Gasteiger partial charge in [-0.1, -0.05) is 6.92 Å². The predicted molar refractivity (Wildman–Crippen MR) is 89.0 cm³/mol. The van der Waals surface area contributed by atoms with E-state index in [0.29, 0.717) is 5.69 Å². The van der Waals surface area contributed by atoms with Crippen LogP contribution in [0.4, 0.5) is 0 Å². The summed E-state index contributed by atoms with van der Waals surface area (Å²) in [6.45, 7) is 4.35. The maximum Gasteiger partial charge on any atom is 0.274 e. The number of rotatable bonds is 5. The fourth-order valence-corrected chi connectivity index (χ4v) is 2.76. The van der Waals surface area contributed by atoms with Gasteiger partial charge in [0, 0.05) is 19.3 Å². The Kier molecular flexibility index (Phi) is 3.88. The molecule has 23 heavy (non-hydrogen) atoms. The molecular weight excluding hydrogens is 290 g/mol. The highest BCUT2D eigenvalue weighted by Crippen LogP contribution is 2.49. The highest BCUT2D eigenvalue weighted by Gasteiger charge is 2.45. The van der Waals surface area contributed by atoms with Gasteiger partial charge in [-0.25, -0.2) is 4.68 Å². The van der Waals surface area contributed by atoms with E-state index in [1.54, 1.807) is 17.9 Å². The Balaban J connectivity index is 1.76. The van der Waals surface area contributed by atoms with Crippen molar-refractivity contribution < 1.29 is 9.53 Å².